The Morgan fingerprint density at radius 3 is 2.33 bits per heavy atom. The molecule has 6 heteroatoms. The first-order chi connectivity index (χ1) is 8.32. The molecule has 0 heterocycles. The van der Waals surface area contributed by atoms with Crippen LogP contribution < -0.4 is 5.73 Å². The summed E-state index contributed by atoms with van der Waals surface area (Å²) in [4.78, 5) is 4.01. The molecule has 0 aromatic heterocycles. The van der Waals surface area contributed by atoms with Crippen LogP contribution in [0.4, 0.5) is 18.9 Å². The maximum Gasteiger partial charge on any atom is 0.430 e. The molecule has 0 aliphatic heterocycles. The maximum absolute atomic E-state index is 12.2. The molecule has 0 aliphatic rings. The van der Waals surface area contributed by atoms with Gasteiger partial charge in [0.2, 0.25) is 0 Å². The first-order valence-corrected chi connectivity index (χ1v) is 5.61. The lowest BCUT2D eigenvalue weighted by molar-refractivity contribution is -0.0925. The van der Waals surface area contributed by atoms with Gasteiger partial charge in [0.25, 0.3) is 0 Å². The van der Waals surface area contributed by atoms with Crippen LogP contribution in [0, 0.1) is 0 Å². The number of aliphatic imine (C=N–C) groups is 1. The molecule has 98 valence electrons. The third kappa shape index (κ3) is 4.41. The van der Waals surface area contributed by atoms with E-state index in [0.717, 1.165) is 11.6 Å². The average Bonchev–Trinajstić information content (AvgIpc) is 2.28. The zero-order chi connectivity index (χ0) is 13.8. The van der Waals surface area contributed by atoms with Crippen molar-refractivity contribution in [3.63, 3.8) is 0 Å². The molecular weight excluding hydrogens is 265 g/mol. The number of hydrogen-bond acceptors (Lipinski definition) is 2. The summed E-state index contributed by atoms with van der Waals surface area (Å²) in [5.74, 6) is 0.379. The van der Waals surface area contributed by atoms with E-state index in [9.17, 15) is 13.2 Å². The number of halogens is 4. The van der Waals surface area contributed by atoms with Gasteiger partial charge in [0.15, 0.2) is 0 Å². The fourth-order valence-electron chi connectivity index (χ4n) is 1.20. The zero-order valence-corrected chi connectivity index (χ0v) is 10.4. The van der Waals surface area contributed by atoms with E-state index in [1.807, 2.05) is 0 Å². The molecule has 1 rings (SSSR count). The van der Waals surface area contributed by atoms with Crippen molar-refractivity contribution in [2.24, 2.45) is 10.7 Å². The number of benzene rings is 1. The van der Waals surface area contributed by atoms with Crippen LogP contribution in [0.15, 0.2) is 41.0 Å². The van der Waals surface area contributed by atoms with Gasteiger partial charge in [-0.2, -0.15) is 13.2 Å². The van der Waals surface area contributed by atoms with E-state index in [2.05, 4.69) is 4.99 Å². The number of alkyl halides is 4. The zero-order valence-electron chi connectivity index (χ0n) is 9.63. The first-order valence-electron chi connectivity index (χ1n) is 5.07. The Kier molecular flexibility index (Phi) is 4.78. The lowest BCUT2D eigenvalue weighted by Crippen LogP contribution is -2.20. The summed E-state index contributed by atoms with van der Waals surface area (Å²) in [5.41, 5.74) is 5.37. The molecule has 18 heavy (non-hydrogen) atoms. The number of hydrogen-bond donors (Lipinski definition) is 1. The Labute approximate surface area is 108 Å². The van der Waals surface area contributed by atoms with Crippen molar-refractivity contribution in [3.8, 4) is 0 Å². The molecule has 0 spiro atoms. The van der Waals surface area contributed by atoms with Gasteiger partial charge in [-0.25, -0.2) is 0 Å². The lowest BCUT2D eigenvalue weighted by Gasteiger charge is -2.05. The van der Waals surface area contributed by atoms with Gasteiger partial charge in [-0.15, -0.1) is 11.6 Å². The fraction of sp³-hybridized carbons (Fsp3) is 0.250. The molecular formula is C12H12ClF3N2. The number of nitrogens with two attached hydrogens (primary N) is 1. The van der Waals surface area contributed by atoms with Gasteiger partial charge in [0.1, 0.15) is 5.70 Å². The van der Waals surface area contributed by atoms with Crippen LogP contribution in [0.25, 0.3) is 0 Å². The summed E-state index contributed by atoms with van der Waals surface area (Å²) >= 11 is 5.62. The summed E-state index contributed by atoms with van der Waals surface area (Å²) in [5, 5.41) is 0. The van der Waals surface area contributed by atoms with E-state index in [1.165, 1.54) is 6.92 Å². The molecule has 0 amide bonds. The molecule has 2 N–H and O–H groups in total. The Morgan fingerprint density at radius 1 is 1.33 bits per heavy atom. The van der Waals surface area contributed by atoms with Gasteiger partial charge in [0, 0.05) is 11.6 Å². The minimum Gasteiger partial charge on any atom is -0.395 e. The smallest absolute Gasteiger partial charge is 0.395 e. The highest BCUT2D eigenvalue weighted by molar-refractivity contribution is 6.17. The van der Waals surface area contributed by atoms with Crippen LogP contribution in [0.3, 0.4) is 0 Å². The van der Waals surface area contributed by atoms with Crippen molar-refractivity contribution in [2.75, 3.05) is 0 Å². The minimum atomic E-state index is -4.53. The largest absolute Gasteiger partial charge is 0.430 e. The summed E-state index contributed by atoms with van der Waals surface area (Å²) in [6.07, 6.45) is -3.73. The molecule has 0 atom stereocenters. The SMILES string of the molecule is CC(/C=C(\N)C(F)(F)F)=Nc1ccc(CCl)cc1. The highest BCUT2D eigenvalue weighted by Crippen LogP contribution is 2.22. The molecule has 0 bridgehead atoms. The van der Waals surface area contributed by atoms with Gasteiger partial charge in [-0.05, 0) is 30.7 Å². The summed E-state index contributed by atoms with van der Waals surface area (Å²) < 4.78 is 36.6. The van der Waals surface area contributed by atoms with Gasteiger partial charge in [-0.1, -0.05) is 12.1 Å². The summed E-state index contributed by atoms with van der Waals surface area (Å²) in [6, 6.07) is 6.88. The summed E-state index contributed by atoms with van der Waals surface area (Å²) in [6.45, 7) is 1.45. The van der Waals surface area contributed by atoms with E-state index >= 15 is 0 Å². The van der Waals surface area contributed by atoms with Crippen molar-refractivity contribution >= 4 is 23.0 Å². The fourth-order valence-corrected chi connectivity index (χ4v) is 1.38. The predicted molar refractivity (Wildman–Crippen MR) is 67.1 cm³/mol. The molecule has 0 unspecified atom stereocenters. The summed E-state index contributed by atoms with van der Waals surface area (Å²) in [7, 11) is 0. The second kappa shape index (κ2) is 5.91. The highest BCUT2D eigenvalue weighted by atomic mass is 35.5. The van der Waals surface area contributed by atoms with Crippen molar-refractivity contribution in [1.82, 2.24) is 0 Å². The van der Waals surface area contributed by atoms with Crippen LogP contribution in [-0.4, -0.2) is 11.9 Å². The second-order valence-corrected chi connectivity index (χ2v) is 3.92. The normalized spacial score (nSPS) is 13.8. The van der Waals surface area contributed by atoms with Crippen LogP contribution in [0.1, 0.15) is 12.5 Å². The third-order valence-electron chi connectivity index (χ3n) is 2.09. The van der Waals surface area contributed by atoms with Crippen LogP contribution in [-0.2, 0) is 5.88 Å². The van der Waals surface area contributed by atoms with Crippen molar-refractivity contribution in [2.45, 2.75) is 19.0 Å². The van der Waals surface area contributed by atoms with Gasteiger partial charge >= 0.3 is 6.18 Å². The van der Waals surface area contributed by atoms with E-state index in [0.29, 0.717) is 11.6 Å². The molecule has 2 nitrogen and oxygen atoms in total. The standard InChI is InChI=1S/C12H12ClF3N2/c1-8(6-11(17)12(14,15)16)18-10-4-2-9(7-13)3-5-10/h2-6H,7,17H2,1H3/b11-6-,18-8?. The van der Waals surface area contributed by atoms with E-state index in [1.54, 1.807) is 24.3 Å². The number of nitrogens with zero attached hydrogens (tertiary/aromatic N) is 1. The number of rotatable bonds is 3. The molecule has 0 fully saturated rings. The van der Waals surface area contributed by atoms with E-state index in [4.69, 9.17) is 17.3 Å². The Bertz CT molecular complexity index is 461. The average molecular weight is 277 g/mol. The first kappa shape index (κ1) is 14.6. The van der Waals surface area contributed by atoms with Gasteiger partial charge in [-0.3, -0.25) is 4.99 Å². The molecule has 0 aliphatic carbocycles. The van der Waals surface area contributed by atoms with Crippen LogP contribution >= 0.6 is 11.6 Å². The van der Waals surface area contributed by atoms with Crippen molar-refractivity contribution in [3.05, 3.63) is 41.6 Å². The Morgan fingerprint density at radius 2 is 1.89 bits per heavy atom. The molecule has 0 saturated heterocycles. The molecule has 0 radical (unpaired) electrons. The topological polar surface area (TPSA) is 38.4 Å². The van der Waals surface area contributed by atoms with E-state index in [-0.39, 0.29) is 5.71 Å². The number of allylic oxidation sites excluding steroid dienone is 2. The van der Waals surface area contributed by atoms with Crippen molar-refractivity contribution < 1.29 is 13.2 Å². The van der Waals surface area contributed by atoms with Gasteiger partial charge in [0.05, 0.1) is 5.69 Å². The minimum absolute atomic E-state index is 0.184. The third-order valence-corrected chi connectivity index (χ3v) is 2.40. The predicted octanol–water partition coefficient (Wildman–Crippen LogP) is 3.92. The second-order valence-electron chi connectivity index (χ2n) is 3.65. The van der Waals surface area contributed by atoms with E-state index < -0.39 is 11.9 Å². The highest BCUT2D eigenvalue weighted by Gasteiger charge is 2.31. The maximum atomic E-state index is 12.2. The monoisotopic (exact) mass is 276 g/mol. The Hall–Kier alpha value is -1.49. The van der Waals surface area contributed by atoms with Crippen LogP contribution in [0.2, 0.25) is 0 Å². The molecule has 1 aromatic rings. The van der Waals surface area contributed by atoms with Gasteiger partial charge < -0.3 is 5.73 Å². The quantitative estimate of drug-likeness (QED) is 0.659. The molecule has 0 saturated carbocycles. The van der Waals surface area contributed by atoms with Crippen molar-refractivity contribution in [1.29, 1.82) is 0 Å². The Balaban J connectivity index is 2.89. The molecule has 1 aromatic carbocycles. The van der Waals surface area contributed by atoms with Crippen LogP contribution in [0.5, 0.6) is 0 Å². The lowest BCUT2D eigenvalue weighted by atomic mass is 10.2.